The van der Waals surface area contributed by atoms with Crippen LogP contribution in [-0.2, 0) is 32.0 Å². The molecule has 10 heteroatoms. The third-order valence-corrected chi connectivity index (χ3v) is 10.4. The van der Waals surface area contributed by atoms with Crippen molar-refractivity contribution < 1.29 is 33.4 Å². The summed E-state index contributed by atoms with van der Waals surface area (Å²) in [5.41, 5.74) is 2.74. The number of benzene rings is 2. The predicted octanol–water partition coefficient (Wildman–Crippen LogP) is 6.53. The van der Waals surface area contributed by atoms with Crippen LogP contribution in [0.1, 0.15) is 72.9 Å². The molecule has 0 radical (unpaired) electrons. The Morgan fingerprint density at radius 3 is 2.47 bits per heavy atom. The fourth-order valence-corrected chi connectivity index (χ4v) is 8.16. The number of hydroxylamine groups is 1. The second kappa shape index (κ2) is 12.1. The monoisotopic (exact) mass is 632 g/mol. The Bertz CT molecular complexity index is 1610. The highest BCUT2D eigenvalue weighted by Gasteiger charge is 2.61. The highest BCUT2D eigenvalue weighted by molar-refractivity contribution is 7.17. The smallest absolute Gasteiger partial charge is 0.341 e. The second-order valence-corrected chi connectivity index (χ2v) is 14.0. The third kappa shape index (κ3) is 5.37. The lowest BCUT2D eigenvalue weighted by atomic mass is 9.72. The number of methoxy groups -OCH3 is 2. The van der Waals surface area contributed by atoms with Crippen LogP contribution in [0.25, 0.3) is 0 Å². The maximum Gasteiger partial charge on any atom is 0.341 e. The third-order valence-electron chi connectivity index (χ3n) is 9.18. The molecule has 3 aromatic rings. The van der Waals surface area contributed by atoms with Crippen LogP contribution in [0.2, 0.25) is 0 Å². The van der Waals surface area contributed by atoms with Gasteiger partial charge in [0.05, 0.1) is 38.1 Å². The van der Waals surface area contributed by atoms with Gasteiger partial charge in [-0.25, -0.2) is 14.8 Å². The van der Waals surface area contributed by atoms with Gasteiger partial charge in [-0.1, -0.05) is 52.0 Å². The van der Waals surface area contributed by atoms with Gasteiger partial charge in [-0.3, -0.25) is 14.4 Å². The van der Waals surface area contributed by atoms with Crippen LogP contribution >= 0.6 is 11.3 Å². The van der Waals surface area contributed by atoms with Crippen molar-refractivity contribution in [1.29, 1.82) is 0 Å². The maximum atomic E-state index is 14.5. The summed E-state index contributed by atoms with van der Waals surface area (Å²) in [6.45, 7) is 9.23. The number of anilines is 2. The first kappa shape index (κ1) is 31.1. The van der Waals surface area contributed by atoms with E-state index in [-0.39, 0.29) is 5.41 Å². The number of hydrogen-bond donors (Lipinski definition) is 0. The average molecular weight is 633 g/mol. The van der Waals surface area contributed by atoms with Crippen molar-refractivity contribution in [2.45, 2.75) is 65.5 Å². The standard InChI is InChI=1S/C35H40N2O7S/c1-7-17-43-24-16-13-20(18-25(24)41-5)29-28-30(44-37(29)22-11-9-8-10-12-22)32(39)36(31(28)38)33-27(34(40)42-6)23-15-14-21(35(2,3)4)19-26(23)45-33/h8-13,16,18,21,28-30H,7,14-15,17,19H2,1-6H3/t21-,28+,29+,30+/m1/s1. The Morgan fingerprint density at radius 1 is 1.04 bits per heavy atom. The summed E-state index contributed by atoms with van der Waals surface area (Å²) in [6.07, 6.45) is 2.16. The molecule has 2 aliphatic heterocycles. The Balaban J connectivity index is 1.42. The first-order valence-electron chi connectivity index (χ1n) is 15.5. The number of rotatable bonds is 8. The molecule has 2 aromatic carbocycles. The zero-order valence-electron chi connectivity index (χ0n) is 26.6. The van der Waals surface area contributed by atoms with Gasteiger partial charge in [-0.15, -0.1) is 11.3 Å². The van der Waals surface area contributed by atoms with Crippen LogP contribution in [-0.4, -0.2) is 44.7 Å². The Labute approximate surface area is 268 Å². The van der Waals surface area contributed by atoms with Gasteiger partial charge in [0.15, 0.2) is 17.6 Å². The van der Waals surface area contributed by atoms with Crippen LogP contribution in [0.3, 0.4) is 0 Å². The van der Waals surface area contributed by atoms with Crippen molar-refractivity contribution in [3.05, 3.63) is 70.1 Å². The van der Waals surface area contributed by atoms with Crippen molar-refractivity contribution in [2.24, 2.45) is 17.3 Å². The number of amides is 2. The molecular formula is C35H40N2O7S. The molecule has 6 rings (SSSR count). The molecule has 2 saturated heterocycles. The molecule has 0 spiro atoms. The fourth-order valence-electron chi connectivity index (χ4n) is 6.73. The summed E-state index contributed by atoms with van der Waals surface area (Å²) in [5.74, 6) is -0.756. The number of ether oxygens (including phenoxy) is 3. The number of fused-ring (bicyclic) bond motifs is 2. The summed E-state index contributed by atoms with van der Waals surface area (Å²) in [5, 5.41) is 1.98. The van der Waals surface area contributed by atoms with Crippen molar-refractivity contribution in [3.63, 3.8) is 0 Å². The van der Waals surface area contributed by atoms with Crippen molar-refractivity contribution in [2.75, 3.05) is 30.8 Å². The first-order valence-corrected chi connectivity index (χ1v) is 16.3. The van der Waals surface area contributed by atoms with E-state index in [0.29, 0.717) is 46.7 Å². The quantitative estimate of drug-likeness (QED) is 0.204. The number of carbonyl (C=O) groups excluding carboxylic acids is 3. The number of carbonyl (C=O) groups is 3. The van der Waals surface area contributed by atoms with Gasteiger partial charge in [-0.05, 0) is 72.4 Å². The van der Waals surface area contributed by atoms with E-state index in [9.17, 15) is 14.4 Å². The minimum atomic E-state index is -1.07. The zero-order chi connectivity index (χ0) is 32.0. The fraction of sp³-hybridized carbons (Fsp3) is 0.457. The lowest BCUT2D eigenvalue weighted by Gasteiger charge is -2.33. The highest BCUT2D eigenvalue weighted by atomic mass is 32.1. The van der Waals surface area contributed by atoms with Gasteiger partial charge in [0.1, 0.15) is 10.9 Å². The number of nitrogens with zero attached hydrogens (tertiary/aromatic N) is 2. The lowest BCUT2D eigenvalue weighted by Crippen LogP contribution is -2.37. The van der Waals surface area contributed by atoms with Gasteiger partial charge in [0.2, 0.25) is 5.91 Å². The predicted molar refractivity (Wildman–Crippen MR) is 172 cm³/mol. The minimum absolute atomic E-state index is 0.0870. The van der Waals surface area contributed by atoms with E-state index in [1.54, 1.807) is 12.2 Å². The van der Waals surface area contributed by atoms with E-state index in [0.717, 1.165) is 35.3 Å². The molecule has 9 nitrogen and oxygen atoms in total. The molecule has 238 valence electrons. The zero-order valence-corrected chi connectivity index (χ0v) is 27.4. The molecule has 45 heavy (non-hydrogen) atoms. The minimum Gasteiger partial charge on any atom is -0.493 e. The largest absolute Gasteiger partial charge is 0.493 e. The molecule has 1 aromatic heterocycles. The average Bonchev–Trinajstić information content (AvgIpc) is 3.69. The maximum absolute atomic E-state index is 14.5. The van der Waals surface area contributed by atoms with Gasteiger partial charge in [0, 0.05) is 4.88 Å². The first-order chi connectivity index (χ1) is 21.6. The molecular weight excluding hydrogens is 592 g/mol. The number of hydrogen-bond acceptors (Lipinski definition) is 9. The summed E-state index contributed by atoms with van der Waals surface area (Å²) in [4.78, 5) is 50.5. The Hall–Kier alpha value is -3.89. The highest BCUT2D eigenvalue weighted by Crippen LogP contribution is 2.52. The number of para-hydroxylation sites is 1. The van der Waals surface area contributed by atoms with Crippen molar-refractivity contribution >= 4 is 39.8 Å². The van der Waals surface area contributed by atoms with Crippen LogP contribution in [0.15, 0.2) is 48.5 Å². The van der Waals surface area contributed by atoms with Gasteiger partial charge in [-0.2, -0.15) is 0 Å². The molecule has 1 aliphatic carbocycles. The van der Waals surface area contributed by atoms with Crippen LogP contribution in [0.4, 0.5) is 10.7 Å². The number of imide groups is 1. The summed E-state index contributed by atoms with van der Waals surface area (Å²) in [6, 6.07) is 14.3. The summed E-state index contributed by atoms with van der Waals surface area (Å²) >= 11 is 1.36. The molecule has 4 atom stereocenters. The molecule has 2 fully saturated rings. The van der Waals surface area contributed by atoms with Crippen LogP contribution in [0.5, 0.6) is 11.5 Å². The molecule has 0 N–H and O–H groups in total. The summed E-state index contributed by atoms with van der Waals surface area (Å²) < 4.78 is 16.8. The number of esters is 1. The van der Waals surface area contributed by atoms with E-state index in [1.165, 1.54) is 23.3 Å². The van der Waals surface area contributed by atoms with Crippen molar-refractivity contribution in [1.82, 2.24) is 0 Å². The van der Waals surface area contributed by atoms with E-state index in [2.05, 4.69) is 20.8 Å². The van der Waals surface area contributed by atoms with Gasteiger partial charge >= 0.3 is 5.97 Å². The second-order valence-electron chi connectivity index (χ2n) is 12.9. The van der Waals surface area contributed by atoms with E-state index in [4.69, 9.17) is 19.0 Å². The van der Waals surface area contributed by atoms with E-state index < -0.39 is 35.8 Å². The van der Waals surface area contributed by atoms with Crippen LogP contribution < -0.4 is 19.4 Å². The molecule has 3 aliphatic rings. The molecule has 2 amide bonds. The Kier molecular flexibility index (Phi) is 8.39. The van der Waals surface area contributed by atoms with Crippen LogP contribution in [0, 0.1) is 17.3 Å². The Morgan fingerprint density at radius 2 is 1.80 bits per heavy atom. The molecule has 0 unspecified atom stereocenters. The lowest BCUT2D eigenvalue weighted by molar-refractivity contribution is -0.126. The molecule has 0 bridgehead atoms. The van der Waals surface area contributed by atoms with E-state index in [1.807, 2.05) is 55.5 Å². The molecule has 0 saturated carbocycles. The van der Waals surface area contributed by atoms with Crippen molar-refractivity contribution in [3.8, 4) is 11.5 Å². The SMILES string of the molecule is CCCOc1ccc([C@H]2[C@@H]3C(=O)N(c4sc5c(c4C(=O)OC)CC[C@@H](C(C)(C)C)C5)C(=O)[C@H]3ON2c2ccccc2)cc1OC. The topological polar surface area (TPSA) is 94.6 Å². The summed E-state index contributed by atoms with van der Waals surface area (Å²) in [7, 11) is 2.90. The normalized spacial score (nSPS) is 22.8. The number of thiophene rings is 1. The van der Waals surface area contributed by atoms with Gasteiger partial charge < -0.3 is 14.2 Å². The van der Waals surface area contributed by atoms with Gasteiger partial charge in [0.25, 0.3) is 5.91 Å². The van der Waals surface area contributed by atoms with E-state index >= 15 is 0 Å². The molecule has 3 heterocycles.